The van der Waals surface area contributed by atoms with Crippen LogP contribution < -0.4 is 0 Å². The van der Waals surface area contributed by atoms with Crippen molar-refractivity contribution in [2.24, 2.45) is 5.92 Å². The van der Waals surface area contributed by atoms with Crippen LogP contribution in [0.2, 0.25) is 0 Å². The Morgan fingerprint density at radius 1 is 1.29 bits per heavy atom. The molecule has 0 spiro atoms. The van der Waals surface area contributed by atoms with E-state index in [0.717, 1.165) is 18.4 Å². The van der Waals surface area contributed by atoms with Crippen LogP contribution in [-0.2, 0) is 20.9 Å². The first-order valence-electron chi connectivity index (χ1n) is 7.18. The predicted octanol–water partition coefficient (Wildman–Crippen LogP) is 2.60. The van der Waals surface area contributed by atoms with Crippen LogP contribution in [-0.4, -0.2) is 36.7 Å². The molecule has 1 aromatic rings. The third kappa shape index (κ3) is 3.74. The van der Waals surface area contributed by atoms with Crippen LogP contribution >= 0.6 is 0 Å². The van der Waals surface area contributed by atoms with Gasteiger partial charge in [-0.15, -0.1) is 0 Å². The molecule has 2 unspecified atom stereocenters. The lowest BCUT2D eigenvalue weighted by Gasteiger charge is -2.37. The number of rotatable bonds is 3. The van der Waals surface area contributed by atoms with Crippen LogP contribution in [0, 0.1) is 5.92 Å². The highest BCUT2D eigenvalue weighted by molar-refractivity contribution is 5.82. The smallest absolute Gasteiger partial charge is 0.410 e. The highest BCUT2D eigenvalue weighted by Gasteiger charge is 2.38. The molecule has 0 N–H and O–H groups in total. The summed E-state index contributed by atoms with van der Waals surface area (Å²) in [6.07, 6.45) is 1.32. The van der Waals surface area contributed by atoms with Gasteiger partial charge in [-0.05, 0) is 24.3 Å². The maximum Gasteiger partial charge on any atom is 0.410 e. The van der Waals surface area contributed by atoms with Gasteiger partial charge in [-0.3, -0.25) is 4.90 Å². The van der Waals surface area contributed by atoms with E-state index in [2.05, 4.69) is 0 Å². The van der Waals surface area contributed by atoms with E-state index in [1.165, 1.54) is 12.0 Å². The number of benzene rings is 1. The first-order chi connectivity index (χ1) is 10.1. The van der Waals surface area contributed by atoms with Crippen LogP contribution in [0.5, 0.6) is 0 Å². The molecule has 0 aromatic heterocycles. The lowest BCUT2D eigenvalue weighted by molar-refractivity contribution is -0.149. The number of carbonyl (C=O) groups excluding carboxylic acids is 2. The molecule has 1 heterocycles. The van der Waals surface area contributed by atoms with E-state index in [1.807, 2.05) is 37.3 Å². The molecule has 114 valence electrons. The second kappa shape index (κ2) is 7.11. The number of esters is 1. The van der Waals surface area contributed by atoms with E-state index < -0.39 is 12.1 Å². The Morgan fingerprint density at radius 3 is 2.67 bits per heavy atom. The van der Waals surface area contributed by atoms with Gasteiger partial charge in [-0.25, -0.2) is 9.59 Å². The summed E-state index contributed by atoms with van der Waals surface area (Å²) in [5.41, 5.74) is 0.922. The van der Waals surface area contributed by atoms with E-state index in [-0.39, 0.29) is 18.5 Å². The van der Waals surface area contributed by atoms with Crippen molar-refractivity contribution in [3.63, 3.8) is 0 Å². The molecule has 0 saturated carbocycles. The average Bonchev–Trinajstić information content (AvgIpc) is 2.52. The Kier molecular flexibility index (Phi) is 5.20. The number of hydrogen-bond donors (Lipinski definition) is 0. The summed E-state index contributed by atoms with van der Waals surface area (Å²) in [4.78, 5) is 25.6. The lowest BCUT2D eigenvalue weighted by Crippen LogP contribution is -2.52. The molecule has 2 atom stereocenters. The molecule has 5 nitrogen and oxygen atoms in total. The minimum Gasteiger partial charge on any atom is -0.467 e. The largest absolute Gasteiger partial charge is 0.467 e. The summed E-state index contributed by atoms with van der Waals surface area (Å²) in [7, 11) is 1.34. The van der Waals surface area contributed by atoms with E-state index in [9.17, 15) is 9.59 Å². The van der Waals surface area contributed by atoms with Crippen molar-refractivity contribution in [1.82, 2.24) is 4.90 Å². The summed E-state index contributed by atoms with van der Waals surface area (Å²) >= 11 is 0. The number of piperidine rings is 1. The van der Waals surface area contributed by atoms with Gasteiger partial charge >= 0.3 is 12.1 Å². The number of likely N-dealkylation sites (tertiary alicyclic amines) is 1. The molecule has 1 saturated heterocycles. The van der Waals surface area contributed by atoms with Gasteiger partial charge in [0.05, 0.1) is 7.11 Å². The maximum atomic E-state index is 12.2. The predicted molar refractivity (Wildman–Crippen MR) is 77.5 cm³/mol. The van der Waals surface area contributed by atoms with Gasteiger partial charge in [-0.1, -0.05) is 37.3 Å². The second-order valence-corrected chi connectivity index (χ2v) is 5.32. The van der Waals surface area contributed by atoms with Crippen LogP contribution in [0.3, 0.4) is 0 Å². The van der Waals surface area contributed by atoms with E-state index >= 15 is 0 Å². The second-order valence-electron chi connectivity index (χ2n) is 5.32. The van der Waals surface area contributed by atoms with Gasteiger partial charge in [0.1, 0.15) is 12.6 Å². The van der Waals surface area contributed by atoms with Crippen molar-refractivity contribution < 1.29 is 19.1 Å². The Bertz CT molecular complexity index is 488. The minimum absolute atomic E-state index is 0.0791. The third-order valence-corrected chi connectivity index (χ3v) is 3.82. The fraction of sp³-hybridized carbons (Fsp3) is 0.500. The first-order valence-corrected chi connectivity index (χ1v) is 7.18. The van der Waals surface area contributed by atoms with Gasteiger partial charge in [0, 0.05) is 6.54 Å². The van der Waals surface area contributed by atoms with Gasteiger partial charge in [0.25, 0.3) is 0 Å². The van der Waals surface area contributed by atoms with Crippen LogP contribution in [0.25, 0.3) is 0 Å². The molecule has 1 amide bonds. The van der Waals surface area contributed by atoms with Crippen LogP contribution in [0.4, 0.5) is 4.79 Å². The van der Waals surface area contributed by atoms with Crippen molar-refractivity contribution in [3.05, 3.63) is 35.9 Å². The summed E-state index contributed by atoms with van der Waals surface area (Å²) in [6.45, 7) is 2.69. The highest BCUT2D eigenvalue weighted by Crippen LogP contribution is 2.25. The quantitative estimate of drug-likeness (QED) is 0.803. The SMILES string of the molecule is COC(=O)C1C(C)CCCN1C(=O)OCc1ccccc1. The molecule has 1 fully saturated rings. The Balaban J connectivity index is 2.00. The Labute approximate surface area is 124 Å². The molecule has 1 aromatic carbocycles. The zero-order valence-corrected chi connectivity index (χ0v) is 12.5. The number of ether oxygens (including phenoxy) is 2. The van der Waals surface area contributed by atoms with Crippen molar-refractivity contribution >= 4 is 12.1 Å². The van der Waals surface area contributed by atoms with Crippen LogP contribution in [0.15, 0.2) is 30.3 Å². The molecule has 1 aliphatic heterocycles. The summed E-state index contributed by atoms with van der Waals surface area (Å²) in [5.74, 6) is -0.297. The molecule has 0 aliphatic carbocycles. The number of methoxy groups -OCH3 is 1. The van der Waals surface area contributed by atoms with Crippen molar-refractivity contribution in [3.8, 4) is 0 Å². The summed E-state index contributed by atoms with van der Waals surface area (Å²) < 4.78 is 10.1. The summed E-state index contributed by atoms with van der Waals surface area (Å²) in [6, 6.07) is 8.93. The molecule has 21 heavy (non-hydrogen) atoms. The lowest BCUT2D eigenvalue weighted by atomic mass is 9.91. The summed E-state index contributed by atoms with van der Waals surface area (Å²) in [5, 5.41) is 0. The third-order valence-electron chi connectivity index (χ3n) is 3.82. The maximum absolute atomic E-state index is 12.2. The van der Waals surface area contributed by atoms with Crippen molar-refractivity contribution in [2.75, 3.05) is 13.7 Å². The van der Waals surface area contributed by atoms with E-state index in [4.69, 9.17) is 9.47 Å². The molecule has 5 heteroatoms. The van der Waals surface area contributed by atoms with E-state index in [1.54, 1.807) is 0 Å². The number of hydrogen-bond acceptors (Lipinski definition) is 4. The molecular formula is C16H21NO4. The topological polar surface area (TPSA) is 55.8 Å². The molecule has 2 rings (SSSR count). The Morgan fingerprint density at radius 2 is 2.00 bits per heavy atom. The molecule has 0 bridgehead atoms. The normalized spacial score (nSPS) is 21.7. The van der Waals surface area contributed by atoms with Crippen LogP contribution in [0.1, 0.15) is 25.3 Å². The number of amides is 1. The minimum atomic E-state index is -0.549. The van der Waals surface area contributed by atoms with Crippen molar-refractivity contribution in [1.29, 1.82) is 0 Å². The van der Waals surface area contributed by atoms with E-state index in [0.29, 0.717) is 6.54 Å². The molecule has 0 radical (unpaired) electrons. The zero-order chi connectivity index (χ0) is 15.2. The Hall–Kier alpha value is -2.04. The first kappa shape index (κ1) is 15.4. The molecular weight excluding hydrogens is 270 g/mol. The highest BCUT2D eigenvalue weighted by atomic mass is 16.6. The fourth-order valence-corrected chi connectivity index (χ4v) is 2.68. The van der Waals surface area contributed by atoms with Crippen molar-refractivity contribution in [2.45, 2.75) is 32.4 Å². The van der Waals surface area contributed by atoms with Gasteiger partial charge in [-0.2, -0.15) is 0 Å². The number of carbonyl (C=O) groups is 2. The van der Waals surface area contributed by atoms with Gasteiger partial charge < -0.3 is 9.47 Å². The number of nitrogens with zero attached hydrogens (tertiary/aromatic N) is 1. The van der Waals surface area contributed by atoms with Gasteiger partial charge in [0.2, 0.25) is 0 Å². The van der Waals surface area contributed by atoms with Gasteiger partial charge in [0.15, 0.2) is 0 Å². The fourth-order valence-electron chi connectivity index (χ4n) is 2.68. The standard InChI is InChI=1S/C16H21NO4/c1-12-7-6-10-17(14(12)15(18)20-2)16(19)21-11-13-8-4-3-5-9-13/h3-5,8-9,12,14H,6-7,10-11H2,1-2H3. The monoisotopic (exact) mass is 291 g/mol. The average molecular weight is 291 g/mol. The molecule has 1 aliphatic rings. The zero-order valence-electron chi connectivity index (χ0n) is 12.5.